The van der Waals surface area contributed by atoms with Gasteiger partial charge in [0.1, 0.15) is 5.54 Å². The van der Waals surface area contributed by atoms with Crippen LogP contribution in [0.1, 0.15) is 40.3 Å². The number of carbonyl (C=O) groups excluding carboxylic acids is 1. The van der Waals surface area contributed by atoms with E-state index in [9.17, 15) is 14.9 Å². The predicted molar refractivity (Wildman–Crippen MR) is 148 cm³/mol. The second kappa shape index (κ2) is 8.49. The Bertz CT molecular complexity index is 1620. The molecule has 2 unspecified atom stereocenters. The van der Waals surface area contributed by atoms with Crippen LogP contribution in [0.5, 0.6) is 0 Å². The van der Waals surface area contributed by atoms with E-state index in [1.165, 1.54) is 12.1 Å². The first-order chi connectivity index (χ1) is 19.0. The number of hydrogen-bond donors (Lipinski definition) is 1. The van der Waals surface area contributed by atoms with E-state index in [0.29, 0.717) is 17.7 Å². The zero-order chi connectivity index (χ0) is 26.6. The molecule has 39 heavy (non-hydrogen) atoms. The molecular weight excluding hydrogens is 488 g/mol. The molecule has 1 amide bonds. The number of hydrogen-bond acceptors (Lipinski definition) is 4. The maximum Gasteiger partial charge on any atom is 0.269 e. The largest absolute Gasteiger partial charge is 0.325 e. The number of benzene rings is 4. The van der Waals surface area contributed by atoms with Crippen LogP contribution in [0.25, 0.3) is 0 Å². The molecule has 190 valence electrons. The Morgan fingerprint density at radius 1 is 0.872 bits per heavy atom. The second-order valence-electron chi connectivity index (χ2n) is 10.2. The number of aromatic nitrogens is 2. The Hall–Kier alpha value is -5.04. The summed E-state index contributed by atoms with van der Waals surface area (Å²) in [5.74, 6) is -0.306. The third kappa shape index (κ3) is 3.29. The minimum Gasteiger partial charge on any atom is -0.325 e. The maximum absolute atomic E-state index is 13.2. The molecule has 7 rings (SSSR count). The van der Waals surface area contributed by atoms with Crippen molar-refractivity contribution in [2.45, 2.75) is 23.3 Å². The van der Waals surface area contributed by atoms with Crippen LogP contribution in [0.15, 0.2) is 122 Å². The Balaban J connectivity index is 1.39. The molecule has 1 saturated carbocycles. The molecule has 7 heteroatoms. The first-order valence-electron chi connectivity index (χ1n) is 12.9. The van der Waals surface area contributed by atoms with Gasteiger partial charge < -0.3 is 9.88 Å². The van der Waals surface area contributed by atoms with Crippen molar-refractivity contribution >= 4 is 17.3 Å². The molecule has 1 aliphatic carbocycles. The van der Waals surface area contributed by atoms with Crippen molar-refractivity contribution in [2.75, 3.05) is 5.32 Å². The number of carbonyl (C=O) groups is 1. The number of amides is 1. The Labute approximate surface area is 224 Å². The fraction of sp³-hybridized carbons (Fsp3) is 0.125. The summed E-state index contributed by atoms with van der Waals surface area (Å²) < 4.78 is 2.13. The van der Waals surface area contributed by atoms with Gasteiger partial charge in [-0.1, -0.05) is 91.0 Å². The number of anilines is 1. The number of nitrogens with one attached hydrogen (secondary N) is 1. The van der Waals surface area contributed by atoms with E-state index < -0.39 is 15.9 Å². The highest BCUT2D eigenvalue weighted by Crippen LogP contribution is 2.65. The maximum atomic E-state index is 13.2. The molecule has 1 spiro atoms. The Morgan fingerprint density at radius 3 is 1.97 bits per heavy atom. The van der Waals surface area contributed by atoms with Crippen LogP contribution in [0.4, 0.5) is 11.4 Å². The van der Waals surface area contributed by atoms with Crippen molar-refractivity contribution in [2.24, 2.45) is 0 Å². The third-order valence-corrected chi connectivity index (χ3v) is 8.23. The molecule has 0 saturated heterocycles. The van der Waals surface area contributed by atoms with E-state index in [2.05, 4.69) is 46.3 Å². The molecule has 2 aliphatic rings. The van der Waals surface area contributed by atoms with Crippen LogP contribution in [-0.4, -0.2) is 20.4 Å². The summed E-state index contributed by atoms with van der Waals surface area (Å²) in [5.41, 5.74) is 3.79. The lowest BCUT2D eigenvalue weighted by molar-refractivity contribution is -0.384. The van der Waals surface area contributed by atoms with Crippen LogP contribution in [-0.2, 0) is 15.7 Å². The van der Waals surface area contributed by atoms with E-state index in [-0.39, 0.29) is 17.5 Å². The van der Waals surface area contributed by atoms with Gasteiger partial charge >= 0.3 is 0 Å². The fourth-order valence-electron chi connectivity index (χ4n) is 6.34. The molecule has 1 fully saturated rings. The van der Waals surface area contributed by atoms with Gasteiger partial charge in [0, 0.05) is 29.9 Å². The van der Waals surface area contributed by atoms with Crippen molar-refractivity contribution in [1.82, 2.24) is 9.55 Å². The first-order valence-corrected chi connectivity index (χ1v) is 12.9. The van der Waals surface area contributed by atoms with E-state index in [1.54, 1.807) is 6.07 Å². The van der Waals surface area contributed by atoms with E-state index in [0.717, 1.165) is 22.4 Å². The van der Waals surface area contributed by atoms with Crippen LogP contribution in [0.3, 0.4) is 0 Å². The van der Waals surface area contributed by atoms with Crippen LogP contribution >= 0.6 is 0 Å². The van der Waals surface area contributed by atoms with Gasteiger partial charge in [0.15, 0.2) is 0 Å². The van der Waals surface area contributed by atoms with Gasteiger partial charge in [-0.2, -0.15) is 0 Å². The van der Waals surface area contributed by atoms with E-state index in [4.69, 9.17) is 4.98 Å². The molecule has 0 radical (unpaired) electrons. The SMILES string of the molecule is O=C1Nc2ccc([N+](=O)[O-])cc2C12CC2c1cn(C(c2ccccc2)(c2ccccc2)c2ccccc2)cn1. The van der Waals surface area contributed by atoms with Crippen molar-refractivity contribution in [3.8, 4) is 0 Å². The lowest BCUT2D eigenvalue weighted by Crippen LogP contribution is -2.36. The zero-order valence-electron chi connectivity index (χ0n) is 20.9. The highest BCUT2D eigenvalue weighted by molar-refractivity contribution is 6.10. The zero-order valence-corrected chi connectivity index (χ0v) is 20.9. The molecule has 2 heterocycles. The number of nitro benzene ring substituents is 1. The van der Waals surface area contributed by atoms with Gasteiger partial charge in [-0.3, -0.25) is 14.9 Å². The molecule has 5 aromatic rings. The summed E-state index contributed by atoms with van der Waals surface area (Å²) >= 11 is 0. The second-order valence-corrected chi connectivity index (χ2v) is 10.2. The van der Waals surface area contributed by atoms with Crippen LogP contribution in [0.2, 0.25) is 0 Å². The standard InChI is InChI=1S/C32H24N4O3/c37-30-31(26-18-25(36(38)39)16-17-28(26)34-30)19-27(31)29-20-35(21-33-29)32(22-10-4-1-5-11-22,23-12-6-2-7-13-23)24-14-8-3-9-15-24/h1-18,20-21,27H,19H2,(H,34,37). The van der Waals surface area contributed by atoms with E-state index in [1.807, 2.05) is 67.1 Å². The molecule has 4 aromatic carbocycles. The number of fused-ring (bicyclic) bond motifs is 2. The minimum atomic E-state index is -0.838. The molecule has 1 aromatic heterocycles. The first kappa shape index (κ1) is 23.1. The molecule has 0 bridgehead atoms. The molecule has 1 aliphatic heterocycles. The number of non-ortho nitro benzene ring substituents is 1. The summed E-state index contributed by atoms with van der Waals surface area (Å²) in [6.45, 7) is 0. The predicted octanol–water partition coefficient (Wildman–Crippen LogP) is 6.01. The lowest BCUT2D eigenvalue weighted by Gasteiger charge is -2.37. The van der Waals surface area contributed by atoms with Crippen molar-refractivity contribution in [3.05, 3.63) is 160 Å². The van der Waals surface area contributed by atoms with Gasteiger partial charge in [-0.15, -0.1) is 0 Å². The number of imidazole rings is 1. The van der Waals surface area contributed by atoms with Crippen molar-refractivity contribution < 1.29 is 9.72 Å². The summed E-state index contributed by atoms with van der Waals surface area (Å²) in [7, 11) is 0. The van der Waals surface area contributed by atoms with Crippen LogP contribution < -0.4 is 5.32 Å². The normalized spacial score (nSPS) is 19.5. The van der Waals surface area contributed by atoms with Gasteiger partial charge in [0.2, 0.25) is 5.91 Å². The quantitative estimate of drug-likeness (QED) is 0.171. The molecule has 7 nitrogen and oxygen atoms in total. The monoisotopic (exact) mass is 512 g/mol. The summed E-state index contributed by atoms with van der Waals surface area (Å²) in [6, 6.07) is 35.6. The van der Waals surface area contributed by atoms with Gasteiger partial charge in [0.05, 0.1) is 22.4 Å². The minimum absolute atomic E-state index is 0.0166. The average molecular weight is 513 g/mol. The summed E-state index contributed by atoms with van der Waals surface area (Å²) in [5, 5.41) is 14.4. The number of rotatable bonds is 6. The van der Waals surface area contributed by atoms with Gasteiger partial charge in [-0.05, 0) is 34.7 Å². The van der Waals surface area contributed by atoms with Gasteiger partial charge in [-0.25, -0.2) is 4.98 Å². The summed E-state index contributed by atoms with van der Waals surface area (Å²) in [4.78, 5) is 29.1. The number of nitro groups is 1. The topological polar surface area (TPSA) is 90.1 Å². The fourth-order valence-corrected chi connectivity index (χ4v) is 6.34. The Kier molecular flexibility index (Phi) is 5.03. The van der Waals surface area contributed by atoms with Crippen molar-refractivity contribution in [1.29, 1.82) is 0 Å². The van der Waals surface area contributed by atoms with Gasteiger partial charge in [0.25, 0.3) is 5.69 Å². The van der Waals surface area contributed by atoms with Crippen LogP contribution in [0, 0.1) is 10.1 Å². The Morgan fingerprint density at radius 2 is 1.44 bits per heavy atom. The molecular formula is C32H24N4O3. The lowest BCUT2D eigenvalue weighted by atomic mass is 9.77. The molecule has 2 atom stereocenters. The highest BCUT2D eigenvalue weighted by Gasteiger charge is 2.66. The van der Waals surface area contributed by atoms with E-state index >= 15 is 0 Å². The smallest absolute Gasteiger partial charge is 0.269 e. The number of nitrogens with zero attached hydrogens (tertiary/aromatic N) is 3. The molecule has 1 N–H and O–H groups in total. The highest BCUT2D eigenvalue weighted by atomic mass is 16.6. The van der Waals surface area contributed by atoms with Crippen molar-refractivity contribution in [3.63, 3.8) is 0 Å². The summed E-state index contributed by atoms with van der Waals surface area (Å²) in [6.07, 6.45) is 4.43. The third-order valence-electron chi connectivity index (χ3n) is 8.23. The average Bonchev–Trinajstić information content (AvgIpc) is 3.43.